The molecule has 21 heavy (non-hydrogen) atoms. The van der Waals surface area contributed by atoms with Crippen molar-refractivity contribution in [2.24, 2.45) is 7.05 Å². The first-order valence-corrected chi connectivity index (χ1v) is 6.47. The zero-order valence-corrected chi connectivity index (χ0v) is 11.7. The van der Waals surface area contributed by atoms with Crippen LogP contribution < -0.4 is 5.56 Å². The Kier molecular flexibility index (Phi) is 3.10. The first-order chi connectivity index (χ1) is 10.1. The summed E-state index contributed by atoms with van der Waals surface area (Å²) in [5, 5.41) is 0.901. The summed E-state index contributed by atoms with van der Waals surface area (Å²) in [6.45, 7) is 0. The van der Waals surface area contributed by atoms with E-state index in [1.165, 1.54) is 13.2 Å². The predicted octanol–water partition coefficient (Wildman–Crippen LogP) is 2.12. The summed E-state index contributed by atoms with van der Waals surface area (Å²) < 4.78 is 8.20. The highest BCUT2D eigenvalue weighted by Crippen LogP contribution is 2.24. The summed E-state index contributed by atoms with van der Waals surface area (Å²) in [5.41, 5.74) is 2.04. The molecule has 0 aliphatic heterocycles. The van der Waals surface area contributed by atoms with Crippen molar-refractivity contribution in [2.75, 3.05) is 7.11 Å². The van der Waals surface area contributed by atoms with Gasteiger partial charge in [-0.3, -0.25) is 9.36 Å². The fourth-order valence-corrected chi connectivity index (χ4v) is 2.43. The zero-order valence-electron chi connectivity index (χ0n) is 11.7. The monoisotopic (exact) mass is 282 g/mol. The van der Waals surface area contributed by atoms with E-state index >= 15 is 0 Å². The van der Waals surface area contributed by atoms with Gasteiger partial charge in [-0.1, -0.05) is 6.07 Å². The molecule has 106 valence electrons. The summed E-state index contributed by atoms with van der Waals surface area (Å²) >= 11 is 0. The average molecular weight is 282 g/mol. The number of ether oxygens (including phenoxy) is 1. The lowest BCUT2D eigenvalue weighted by Gasteiger charge is -2.03. The minimum Gasteiger partial charge on any atom is -0.465 e. The molecule has 1 aromatic carbocycles. The van der Waals surface area contributed by atoms with Crippen LogP contribution in [0.4, 0.5) is 0 Å². The van der Waals surface area contributed by atoms with Gasteiger partial charge in [0, 0.05) is 30.9 Å². The molecule has 0 saturated carbocycles. The van der Waals surface area contributed by atoms with Crippen LogP contribution in [0.2, 0.25) is 0 Å². The molecule has 0 radical (unpaired) electrons. The first-order valence-electron chi connectivity index (χ1n) is 6.47. The number of benzene rings is 1. The highest BCUT2D eigenvalue weighted by molar-refractivity contribution is 5.97. The van der Waals surface area contributed by atoms with Crippen LogP contribution in [-0.2, 0) is 11.8 Å². The molecule has 5 nitrogen and oxygen atoms in total. The standard InChI is InChI=1S/C16H14N2O3/c1-17-10-14(18-8-4-3-5-15(18)19)12-7-6-11(9-13(12)17)16(20)21-2/h3-10H,1-2H3. The van der Waals surface area contributed by atoms with Gasteiger partial charge in [-0.05, 0) is 24.3 Å². The summed E-state index contributed by atoms with van der Waals surface area (Å²) in [6.07, 6.45) is 3.60. The number of esters is 1. The van der Waals surface area contributed by atoms with Crippen LogP contribution >= 0.6 is 0 Å². The van der Waals surface area contributed by atoms with Gasteiger partial charge in [0.15, 0.2) is 0 Å². The maximum absolute atomic E-state index is 12.0. The largest absolute Gasteiger partial charge is 0.465 e. The molecule has 5 heteroatoms. The Morgan fingerprint density at radius 1 is 1.19 bits per heavy atom. The number of rotatable bonds is 2. The maximum Gasteiger partial charge on any atom is 0.337 e. The third-order valence-corrected chi connectivity index (χ3v) is 3.47. The Labute approximate surface area is 121 Å². The molecule has 0 spiro atoms. The molecule has 0 saturated heterocycles. The van der Waals surface area contributed by atoms with Crippen LogP contribution in [0.1, 0.15) is 10.4 Å². The highest BCUT2D eigenvalue weighted by Gasteiger charge is 2.12. The van der Waals surface area contributed by atoms with Crippen molar-refractivity contribution in [1.82, 2.24) is 9.13 Å². The van der Waals surface area contributed by atoms with Gasteiger partial charge >= 0.3 is 5.97 Å². The summed E-state index contributed by atoms with van der Waals surface area (Å²) in [6, 6.07) is 10.3. The summed E-state index contributed by atoms with van der Waals surface area (Å²) in [4.78, 5) is 23.6. The van der Waals surface area contributed by atoms with E-state index in [-0.39, 0.29) is 11.5 Å². The number of hydrogen-bond donors (Lipinski definition) is 0. The average Bonchev–Trinajstić information content (AvgIpc) is 2.83. The Morgan fingerprint density at radius 2 is 2.00 bits per heavy atom. The number of pyridine rings is 1. The van der Waals surface area contributed by atoms with Gasteiger partial charge in [0.05, 0.1) is 23.9 Å². The lowest BCUT2D eigenvalue weighted by Crippen LogP contribution is -2.15. The molecule has 0 fully saturated rings. The molecule has 2 heterocycles. The second-order valence-electron chi connectivity index (χ2n) is 4.76. The van der Waals surface area contributed by atoms with Crippen molar-refractivity contribution in [2.45, 2.75) is 0 Å². The predicted molar refractivity (Wildman–Crippen MR) is 79.9 cm³/mol. The van der Waals surface area contributed by atoms with Crippen LogP contribution in [-0.4, -0.2) is 22.2 Å². The molecule has 0 unspecified atom stereocenters. The van der Waals surface area contributed by atoms with Crippen LogP contribution in [0, 0.1) is 0 Å². The van der Waals surface area contributed by atoms with Crippen molar-refractivity contribution in [3.05, 3.63) is 64.7 Å². The van der Waals surface area contributed by atoms with Crippen LogP contribution in [0.5, 0.6) is 0 Å². The molecule has 0 aliphatic rings. The van der Waals surface area contributed by atoms with Gasteiger partial charge in [-0.15, -0.1) is 0 Å². The van der Waals surface area contributed by atoms with Gasteiger partial charge in [-0.2, -0.15) is 0 Å². The first kappa shape index (κ1) is 13.2. The van der Waals surface area contributed by atoms with E-state index in [1.54, 1.807) is 29.0 Å². The van der Waals surface area contributed by atoms with Crippen LogP contribution in [0.3, 0.4) is 0 Å². The normalized spacial score (nSPS) is 10.8. The molecule has 0 amide bonds. The van der Waals surface area contributed by atoms with E-state index in [0.29, 0.717) is 5.56 Å². The van der Waals surface area contributed by atoms with Crippen molar-refractivity contribution < 1.29 is 9.53 Å². The number of hydrogen-bond acceptors (Lipinski definition) is 3. The van der Waals surface area contributed by atoms with Crippen LogP contribution in [0.25, 0.3) is 16.6 Å². The summed E-state index contributed by atoms with van der Waals surface area (Å²) in [5.74, 6) is -0.378. The summed E-state index contributed by atoms with van der Waals surface area (Å²) in [7, 11) is 3.23. The topological polar surface area (TPSA) is 53.2 Å². The Hall–Kier alpha value is -2.82. The minimum absolute atomic E-state index is 0.0953. The number of carbonyl (C=O) groups is 1. The van der Waals surface area contributed by atoms with Gasteiger partial charge in [-0.25, -0.2) is 4.79 Å². The van der Waals surface area contributed by atoms with Crippen molar-refractivity contribution in [3.63, 3.8) is 0 Å². The molecule has 2 aromatic heterocycles. The second kappa shape index (κ2) is 4.94. The van der Waals surface area contributed by atoms with E-state index in [9.17, 15) is 9.59 Å². The molecular weight excluding hydrogens is 268 g/mol. The van der Waals surface area contributed by atoms with E-state index in [4.69, 9.17) is 4.74 Å². The Bertz CT molecular complexity index is 890. The van der Waals surface area contributed by atoms with Crippen molar-refractivity contribution >= 4 is 16.9 Å². The number of carbonyl (C=O) groups excluding carboxylic acids is 1. The SMILES string of the molecule is COC(=O)c1ccc2c(-n3ccccc3=O)cn(C)c2c1. The number of aromatic nitrogens is 2. The van der Waals surface area contributed by atoms with Gasteiger partial charge in [0.2, 0.25) is 0 Å². The van der Waals surface area contributed by atoms with Crippen LogP contribution in [0.15, 0.2) is 53.6 Å². The molecule has 3 aromatic rings. The van der Waals surface area contributed by atoms with Gasteiger partial charge < -0.3 is 9.30 Å². The van der Waals surface area contributed by atoms with Gasteiger partial charge in [0.25, 0.3) is 5.56 Å². The quantitative estimate of drug-likeness (QED) is 0.676. The highest BCUT2D eigenvalue weighted by atomic mass is 16.5. The Balaban J connectivity index is 2.26. The Morgan fingerprint density at radius 3 is 2.71 bits per heavy atom. The van der Waals surface area contributed by atoms with Crippen molar-refractivity contribution in [3.8, 4) is 5.69 Å². The zero-order chi connectivity index (χ0) is 15.0. The second-order valence-corrected chi connectivity index (χ2v) is 4.76. The third-order valence-electron chi connectivity index (χ3n) is 3.47. The fraction of sp³-hybridized carbons (Fsp3) is 0.125. The molecular formula is C16H14N2O3. The number of nitrogens with zero attached hydrogens (tertiary/aromatic N) is 2. The van der Waals surface area contributed by atoms with E-state index in [1.807, 2.05) is 29.9 Å². The number of fused-ring (bicyclic) bond motifs is 1. The lowest BCUT2D eigenvalue weighted by atomic mass is 10.1. The van der Waals surface area contributed by atoms with Gasteiger partial charge in [0.1, 0.15) is 0 Å². The fourth-order valence-electron chi connectivity index (χ4n) is 2.43. The molecule has 0 bridgehead atoms. The van der Waals surface area contributed by atoms with E-state index < -0.39 is 0 Å². The minimum atomic E-state index is -0.378. The third kappa shape index (κ3) is 2.12. The number of aryl methyl sites for hydroxylation is 1. The molecule has 3 rings (SSSR count). The van der Waals surface area contributed by atoms with E-state index in [2.05, 4.69) is 0 Å². The lowest BCUT2D eigenvalue weighted by molar-refractivity contribution is 0.0601. The molecule has 0 atom stereocenters. The molecule has 0 aliphatic carbocycles. The van der Waals surface area contributed by atoms with E-state index in [0.717, 1.165) is 16.6 Å². The molecule has 0 N–H and O–H groups in total. The van der Waals surface area contributed by atoms with Crippen molar-refractivity contribution in [1.29, 1.82) is 0 Å². The number of methoxy groups -OCH3 is 1. The maximum atomic E-state index is 12.0. The smallest absolute Gasteiger partial charge is 0.337 e.